The van der Waals surface area contributed by atoms with Crippen molar-refractivity contribution in [2.45, 2.75) is 235 Å². The van der Waals surface area contributed by atoms with Crippen LogP contribution in [0.4, 0.5) is 0 Å². The Morgan fingerprint density at radius 1 is 0.169 bits per heavy atom. The van der Waals surface area contributed by atoms with Crippen LogP contribution >= 0.6 is 0 Å². The molecule has 15 aromatic carbocycles. The number of rotatable bonds is 0. The van der Waals surface area contributed by atoms with Gasteiger partial charge in [0.15, 0.2) is 0 Å². The van der Waals surface area contributed by atoms with E-state index >= 15 is 0 Å². The van der Waals surface area contributed by atoms with E-state index in [1.807, 2.05) is 125 Å². The van der Waals surface area contributed by atoms with Crippen LogP contribution in [0, 0.1) is 116 Å². The molecule has 2 unspecified atom stereocenters. The Bertz CT molecular complexity index is 5180. The second kappa shape index (κ2) is 59.1. The van der Waals surface area contributed by atoms with Gasteiger partial charge >= 0.3 is 0 Å². The van der Waals surface area contributed by atoms with Crippen molar-refractivity contribution in [1.29, 1.82) is 0 Å². The maximum atomic E-state index is 2.40. The van der Waals surface area contributed by atoms with Crippen LogP contribution in [0.15, 0.2) is 297 Å². The van der Waals surface area contributed by atoms with Gasteiger partial charge in [0, 0.05) is 11.8 Å². The van der Waals surface area contributed by atoms with Crippen LogP contribution in [0.25, 0.3) is 87.6 Å². The number of fused-ring (bicyclic) bond motifs is 10. The summed E-state index contributed by atoms with van der Waals surface area (Å²) in [7, 11) is 0. The van der Waals surface area contributed by atoms with Gasteiger partial charge in [0.05, 0.1) is 0 Å². The van der Waals surface area contributed by atoms with Gasteiger partial charge in [0.25, 0.3) is 0 Å². The molecule has 0 fully saturated rings. The van der Waals surface area contributed by atoms with Crippen molar-refractivity contribution in [3.8, 4) is 0 Å². The maximum Gasteiger partial charge on any atom is 0.00595 e. The minimum absolute atomic E-state index is 0.554. The number of hydrogen-bond donors (Lipinski definition) is 0. The van der Waals surface area contributed by atoms with Crippen LogP contribution in [0.2, 0.25) is 0 Å². The van der Waals surface area contributed by atoms with E-state index in [1.54, 1.807) is 0 Å². The van der Waals surface area contributed by atoms with Gasteiger partial charge in [0.1, 0.15) is 0 Å². The quantitative estimate of drug-likeness (QED) is 0.105. The second-order valence-corrected chi connectivity index (χ2v) is 27.9. The Morgan fingerprint density at radius 2 is 0.432 bits per heavy atom. The summed E-state index contributed by atoms with van der Waals surface area (Å²) in [6.45, 7) is 70.3. The highest BCUT2D eigenvalue weighted by Gasteiger charge is 2.18. The molecule has 0 radical (unpaired) electrons. The highest BCUT2D eigenvalue weighted by Crippen LogP contribution is 2.33. The summed E-state index contributed by atoms with van der Waals surface area (Å²) in [4.78, 5) is 0. The zero-order chi connectivity index (χ0) is 89.0. The molecule has 0 aromatic heterocycles. The van der Waals surface area contributed by atoms with Gasteiger partial charge < -0.3 is 0 Å². The van der Waals surface area contributed by atoms with E-state index < -0.39 is 0 Å². The third-order valence-electron chi connectivity index (χ3n) is 19.3. The molecule has 17 rings (SSSR count). The number of hydrogen-bond acceptors (Lipinski definition) is 0. The summed E-state index contributed by atoms with van der Waals surface area (Å²) < 4.78 is 0. The average Bonchev–Trinajstić information content (AvgIpc) is 0.761. The third-order valence-corrected chi connectivity index (χ3v) is 19.3. The van der Waals surface area contributed by atoms with Crippen molar-refractivity contribution in [3.63, 3.8) is 0 Å². The first-order valence-electron chi connectivity index (χ1n) is 44.5. The van der Waals surface area contributed by atoms with E-state index in [9.17, 15) is 0 Å². The minimum atomic E-state index is 0.554. The van der Waals surface area contributed by atoms with Crippen LogP contribution in [-0.2, 0) is 0 Å². The molecule has 0 bridgehead atoms. The lowest BCUT2D eigenvalue weighted by atomic mass is 9.82. The summed E-state index contributed by atoms with van der Waals surface area (Å²) >= 11 is 0. The summed E-state index contributed by atoms with van der Waals surface area (Å²) in [6, 6.07) is 97.6. The van der Waals surface area contributed by atoms with Gasteiger partial charge in [-0.1, -0.05) is 484 Å². The third kappa shape index (κ3) is 33.0. The van der Waals surface area contributed by atoms with Crippen molar-refractivity contribution < 1.29 is 0 Å². The molecule has 15 aromatic rings. The fourth-order valence-corrected chi connectivity index (χ4v) is 13.6. The summed E-state index contributed by atoms with van der Waals surface area (Å²) in [5, 5.41) is 21.8. The van der Waals surface area contributed by atoms with E-state index in [-0.39, 0.29) is 0 Å². The monoisotopic (exact) mass is 1570 g/mol. The van der Waals surface area contributed by atoms with Crippen LogP contribution < -0.4 is 10.4 Å². The molecule has 0 heteroatoms. The van der Waals surface area contributed by atoms with Gasteiger partial charge in [-0.2, -0.15) is 0 Å². The van der Waals surface area contributed by atoms with Crippen LogP contribution in [0.5, 0.6) is 0 Å². The zero-order valence-corrected chi connectivity index (χ0v) is 80.0. The topological polar surface area (TPSA) is 0 Å². The lowest BCUT2D eigenvalue weighted by Gasteiger charge is -2.23. The molecule has 0 heterocycles. The molecular weight excluding hydrogens is 1420 g/mol. The standard InChI is InChI=1S/C16H14.C16H16.C16H14.3C12H12.2C8H10.9C2H6/c1-11-3-7-15-13(9-11)5-6-14-10-12(2)4-8-16(14)15;1-11-3-5-13-10-16-8-12(2)4-6-14(16)9-15(13)7-11;1-11-13-7-3-5-9-15(13)12(2)16-10-6-4-8-14(11)16;1-9-3-5-12-8-10(2)4-6-11(12)7-9;1-9-5-3-8-12-10(2)6-4-7-11(9)12;1-9-7-8-10(2)12-6-4-3-5-11(9)12;1-7-3-5-8(2)6-4-7;1-7-4-3-5-8(2)6-7;9*1-2/h3-10H,1-2H3;3-10,13,15H,1-2H3;3-10H,1-2H3;3*3-8H,1-2H3;2*3-6H,1-2H3;9*1-2H3. The van der Waals surface area contributed by atoms with Crippen molar-refractivity contribution in [2.24, 2.45) is 11.8 Å². The predicted molar refractivity (Wildman–Crippen MR) is 545 cm³/mol. The second-order valence-electron chi connectivity index (χ2n) is 27.9. The van der Waals surface area contributed by atoms with E-state index in [1.165, 1.54) is 175 Å². The van der Waals surface area contributed by atoms with Crippen LogP contribution in [-0.4, -0.2) is 0 Å². The first-order chi connectivity index (χ1) is 57.2. The largest absolute Gasteiger partial charge is 0.0764 e. The smallest absolute Gasteiger partial charge is 0.00595 e. The highest BCUT2D eigenvalue weighted by molar-refractivity contribution is 6.08. The van der Waals surface area contributed by atoms with E-state index in [2.05, 4.69) is 414 Å². The Hall–Kier alpha value is -10.7. The number of allylic oxidation sites excluding steroid dienone is 4. The summed E-state index contributed by atoms with van der Waals surface area (Å²) in [5.41, 5.74) is 21.5. The molecule has 626 valence electrons. The van der Waals surface area contributed by atoms with Crippen LogP contribution in [0.3, 0.4) is 0 Å². The van der Waals surface area contributed by atoms with Gasteiger partial charge in [-0.25, -0.2) is 0 Å². The SMILES string of the molecule is CC.CC.CC.CC.CC.CC.CC.CC.CC.CC1=CC2C=c3ccc(C)cc3=CC2C=C1.Cc1c2ccccc2c(C)c2ccccc12.Cc1ccc(C)c2ccccc12.Cc1ccc(C)cc1.Cc1ccc2c(ccc3cc(C)ccc32)c1.Cc1ccc2cc(C)ccc2c1.Cc1cccc(C)c1.Cc1cccc2c(C)cccc12. The molecule has 0 aliphatic heterocycles. The first-order valence-corrected chi connectivity index (χ1v) is 44.5. The molecule has 2 atom stereocenters. The Balaban J connectivity index is 0.000000661. The molecule has 0 spiro atoms. The highest BCUT2D eigenvalue weighted by atomic mass is 14.2. The summed E-state index contributed by atoms with van der Waals surface area (Å²) in [6.07, 6.45) is 11.7. The number of benzene rings is 15. The van der Waals surface area contributed by atoms with E-state index in [0.29, 0.717) is 11.8 Å². The van der Waals surface area contributed by atoms with Crippen molar-refractivity contribution in [1.82, 2.24) is 0 Å². The summed E-state index contributed by atoms with van der Waals surface area (Å²) in [5.74, 6) is 1.11. The van der Waals surface area contributed by atoms with Gasteiger partial charge in [-0.05, 0) is 230 Å². The fourth-order valence-electron chi connectivity index (χ4n) is 13.6. The van der Waals surface area contributed by atoms with Gasteiger partial charge in [0.2, 0.25) is 0 Å². The first kappa shape index (κ1) is 105. The fraction of sp³-hybridized carbons (Fsp3) is 0.305. The lowest BCUT2D eigenvalue weighted by Crippen LogP contribution is -2.32. The molecule has 118 heavy (non-hydrogen) atoms. The molecule has 0 saturated carbocycles. The van der Waals surface area contributed by atoms with Crippen molar-refractivity contribution in [2.75, 3.05) is 0 Å². The molecule has 0 N–H and O–H groups in total. The minimum Gasteiger partial charge on any atom is -0.0764 e. The predicted octanol–water partition coefficient (Wildman–Crippen LogP) is 35.8. The molecule has 2 aliphatic rings. The Kier molecular flexibility index (Phi) is 52.7. The molecule has 0 saturated heterocycles. The van der Waals surface area contributed by atoms with Crippen LogP contribution in [0.1, 0.15) is 215 Å². The van der Waals surface area contributed by atoms with Crippen molar-refractivity contribution >= 4 is 87.6 Å². The molecular formula is C118H154. The lowest BCUT2D eigenvalue weighted by molar-refractivity contribution is 0.716. The normalized spacial score (nSPS) is 11.5. The Morgan fingerprint density at radius 3 is 0.780 bits per heavy atom. The van der Waals surface area contributed by atoms with E-state index in [0.717, 1.165) is 0 Å². The Labute approximate surface area is 720 Å². The molecule has 0 amide bonds. The van der Waals surface area contributed by atoms with Gasteiger partial charge in [-0.15, -0.1) is 0 Å². The molecule has 0 nitrogen and oxygen atoms in total. The molecule has 2 aliphatic carbocycles. The zero-order valence-electron chi connectivity index (χ0n) is 80.0. The number of aryl methyl sites for hydroxylation is 15. The maximum absolute atomic E-state index is 2.40. The average molecular weight is 1570 g/mol. The van der Waals surface area contributed by atoms with E-state index in [4.69, 9.17) is 0 Å². The van der Waals surface area contributed by atoms with Crippen molar-refractivity contribution in [3.05, 3.63) is 391 Å². The van der Waals surface area contributed by atoms with Gasteiger partial charge in [-0.3, -0.25) is 0 Å².